The van der Waals surface area contributed by atoms with Gasteiger partial charge >= 0.3 is 5.97 Å². The van der Waals surface area contributed by atoms with E-state index in [2.05, 4.69) is 26.1 Å². The number of hydrogen-bond donors (Lipinski definition) is 2. The molecule has 0 amide bonds. The SMILES string of the molecule is CC(C)(C)C1CCCC(NC2CCC(C(=O)O)CC2)CC1. The zero-order valence-corrected chi connectivity index (χ0v) is 14.0. The van der Waals surface area contributed by atoms with E-state index in [9.17, 15) is 4.79 Å². The smallest absolute Gasteiger partial charge is 0.306 e. The predicted octanol–water partition coefficient (Wildman–Crippen LogP) is 4.21. The van der Waals surface area contributed by atoms with Crippen molar-refractivity contribution in [1.29, 1.82) is 0 Å². The Morgan fingerprint density at radius 3 is 2.05 bits per heavy atom. The first kappa shape index (κ1) is 16.8. The van der Waals surface area contributed by atoms with Crippen LogP contribution >= 0.6 is 0 Å². The molecule has 0 aromatic heterocycles. The van der Waals surface area contributed by atoms with E-state index in [0.717, 1.165) is 31.6 Å². The van der Waals surface area contributed by atoms with Gasteiger partial charge in [-0.05, 0) is 62.7 Å². The first-order valence-electron chi connectivity index (χ1n) is 8.85. The van der Waals surface area contributed by atoms with E-state index >= 15 is 0 Å². The van der Waals surface area contributed by atoms with Crippen molar-refractivity contribution < 1.29 is 9.90 Å². The molecule has 0 aliphatic heterocycles. The van der Waals surface area contributed by atoms with E-state index in [0.29, 0.717) is 17.5 Å². The molecule has 2 unspecified atom stereocenters. The summed E-state index contributed by atoms with van der Waals surface area (Å²) in [5, 5.41) is 12.9. The minimum Gasteiger partial charge on any atom is -0.481 e. The average Bonchev–Trinajstić information content (AvgIpc) is 2.64. The summed E-state index contributed by atoms with van der Waals surface area (Å²) < 4.78 is 0. The van der Waals surface area contributed by atoms with Gasteiger partial charge in [0.2, 0.25) is 0 Å². The lowest BCUT2D eigenvalue weighted by Crippen LogP contribution is -2.41. The van der Waals surface area contributed by atoms with Crippen LogP contribution in [0.2, 0.25) is 0 Å². The van der Waals surface area contributed by atoms with Crippen molar-refractivity contribution in [2.45, 2.75) is 90.6 Å². The van der Waals surface area contributed by atoms with Gasteiger partial charge in [-0.1, -0.05) is 27.2 Å². The van der Waals surface area contributed by atoms with E-state index in [1.165, 1.54) is 32.1 Å². The topological polar surface area (TPSA) is 49.3 Å². The summed E-state index contributed by atoms with van der Waals surface area (Å²) in [6, 6.07) is 1.21. The van der Waals surface area contributed by atoms with E-state index in [1.54, 1.807) is 0 Å². The largest absolute Gasteiger partial charge is 0.481 e. The van der Waals surface area contributed by atoms with Crippen molar-refractivity contribution in [2.75, 3.05) is 0 Å². The van der Waals surface area contributed by atoms with Gasteiger partial charge in [-0.3, -0.25) is 4.79 Å². The molecule has 0 heterocycles. The van der Waals surface area contributed by atoms with Crippen LogP contribution in [0, 0.1) is 17.3 Å². The Hall–Kier alpha value is -0.570. The molecule has 122 valence electrons. The maximum absolute atomic E-state index is 11.0. The minimum absolute atomic E-state index is 0.0949. The third-order valence-electron chi connectivity index (χ3n) is 5.74. The minimum atomic E-state index is -0.601. The van der Waals surface area contributed by atoms with Gasteiger partial charge in [-0.15, -0.1) is 0 Å². The quantitative estimate of drug-likeness (QED) is 0.767. The lowest BCUT2D eigenvalue weighted by Gasteiger charge is -2.31. The van der Waals surface area contributed by atoms with Crippen LogP contribution in [0.5, 0.6) is 0 Å². The molecule has 2 N–H and O–H groups in total. The van der Waals surface area contributed by atoms with E-state index in [1.807, 2.05) is 0 Å². The van der Waals surface area contributed by atoms with Crippen LogP contribution < -0.4 is 5.32 Å². The number of nitrogens with one attached hydrogen (secondary N) is 1. The molecule has 2 rings (SSSR count). The summed E-state index contributed by atoms with van der Waals surface area (Å²) in [5.74, 6) is 0.158. The van der Waals surface area contributed by atoms with Crippen molar-refractivity contribution in [3.8, 4) is 0 Å². The summed E-state index contributed by atoms with van der Waals surface area (Å²) >= 11 is 0. The Labute approximate surface area is 129 Å². The van der Waals surface area contributed by atoms with Gasteiger partial charge in [-0.2, -0.15) is 0 Å². The van der Waals surface area contributed by atoms with E-state index in [-0.39, 0.29) is 5.92 Å². The zero-order valence-electron chi connectivity index (χ0n) is 14.0. The molecule has 0 radical (unpaired) electrons. The highest BCUT2D eigenvalue weighted by atomic mass is 16.4. The van der Waals surface area contributed by atoms with Gasteiger partial charge in [0.05, 0.1) is 5.92 Å². The van der Waals surface area contributed by atoms with Crippen molar-refractivity contribution in [2.24, 2.45) is 17.3 Å². The lowest BCUT2D eigenvalue weighted by atomic mass is 9.76. The molecule has 3 heteroatoms. The maximum Gasteiger partial charge on any atom is 0.306 e. The molecule has 21 heavy (non-hydrogen) atoms. The van der Waals surface area contributed by atoms with Crippen molar-refractivity contribution in [3.05, 3.63) is 0 Å². The van der Waals surface area contributed by atoms with Crippen molar-refractivity contribution in [1.82, 2.24) is 5.32 Å². The number of carboxylic acid groups (broad SMARTS) is 1. The van der Waals surface area contributed by atoms with Crippen LogP contribution in [-0.2, 0) is 4.79 Å². The highest BCUT2D eigenvalue weighted by Crippen LogP contribution is 2.37. The Morgan fingerprint density at radius 1 is 0.905 bits per heavy atom. The fourth-order valence-corrected chi connectivity index (χ4v) is 4.17. The molecule has 2 atom stereocenters. The molecule has 2 aliphatic carbocycles. The summed E-state index contributed by atoms with van der Waals surface area (Å²) in [6.45, 7) is 7.12. The molecule has 0 aromatic rings. The third kappa shape index (κ3) is 4.98. The molecule has 2 aliphatic rings. The Balaban J connectivity index is 1.76. The molecule has 0 spiro atoms. The van der Waals surface area contributed by atoms with Crippen LogP contribution in [0.4, 0.5) is 0 Å². The second-order valence-electron chi connectivity index (χ2n) is 8.32. The second-order valence-corrected chi connectivity index (χ2v) is 8.32. The number of carboxylic acids is 1. The number of carbonyl (C=O) groups is 1. The van der Waals surface area contributed by atoms with Crippen molar-refractivity contribution in [3.63, 3.8) is 0 Å². The predicted molar refractivity (Wildman–Crippen MR) is 86.3 cm³/mol. The molecular weight excluding hydrogens is 262 g/mol. The second kappa shape index (κ2) is 7.13. The maximum atomic E-state index is 11.0. The molecule has 0 bridgehead atoms. The zero-order chi connectivity index (χ0) is 15.5. The van der Waals surface area contributed by atoms with E-state index < -0.39 is 5.97 Å². The molecule has 0 aromatic carbocycles. The summed E-state index contributed by atoms with van der Waals surface area (Å²) in [6.07, 6.45) is 10.4. The van der Waals surface area contributed by atoms with Gasteiger partial charge in [0, 0.05) is 12.1 Å². The first-order chi connectivity index (χ1) is 9.86. The number of hydrogen-bond acceptors (Lipinski definition) is 2. The molecule has 2 saturated carbocycles. The van der Waals surface area contributed by atoms with Crippen LogP contribution in [-0.4, -0.2) is 23.2 Å². The van der Waals surface area contributed by atoms with Gasteiger partial charge in [0.15, 0.2) is 0 Å². The van der Waals surface area contributed by atoms with Crippen LogP contribution in [0.3, 0.4) is 0 Å². The summed E-state index contributed by atoms with van der Waals surface area (Å²) in [7, 11) is 0. The normalized spacial score (nSPS) is 35.2. The Bertz CT molecular complexity index is 340. The van der Waals surface area contributed by atoms with Gasteiger partial charge < -0.3 is 10.4 Å². The fourth-order valence-electron chi connectivity index (χ4n) is 4.17. The van der Waals surface area contributed by atoms with Crippen LogP contribution in [0.25, 0.3) is 0 Å². The fraction of sp³-hybridized carbons (Fsp3) is 0.944. The van der Waals surface area contributed by atoms with Gasteiger partial charge in [-0.25, -0.2) is 0 Å². The van der Waals surface area contributed by atoms with Crippen LogP contribution in [0.15, 0.2) is 0 Å². The molecular formula is C18H33NO2. The average molecular weight is 295 g/mol. The molecule has 2 fully saturated rings. The summed E-state index contributed by atoms with van der Waals surface area (Å²) in [5.41, 5.74) is 0.439. The number of rotatable bonds is 3. The standard InChI is InChI=1S/C18H33NO2/c1-18(2,3)14-5-4-6-15(12-9-14)19-16-10-7-13(8-11-16)17(20)21/h13-16,19H,4-12H2,1-3H3,(H,20,21). The third-order valence-corrected chi connectivity index (χ3v) is 5.74. The van der Waals surface area contributed by atoms with Crippen molar-refractivity contribution >= 4 is 5.97 Å². The Kier molecular flexibility index (Phi) is 5.70. The molecule has 0 saturated heterocycles. The highest BCUT2D eigenvalue weighted by Gasteiger charge is 2.30. The monoisotopic (exact) mass is 295 g/mol. The number of aliphatic carboxylic acids is 1. The highest BCUT2D eigenvalue weighted by molar-refractivity contribution is 5.70. The summed E-state index contributed by atoms with van der Waals surface area (Å²) in [4.78, 5) is 11.0. The molecule has 3 nitrogen and oxygen atoms in total. The van der Waals surface area contributed by atoms with Gasteiger partial charge in [0.25, 0.3) is 0 Å². The first-order valence-corrected chi connectivity index (χ1v) is 8.85. The Morgan fingerprint density at radius 2 is 1.48 bits per heavy atom. The lowest BCUT2D eigenvalue weighted by molar-refractivity contribution is -0.142. The van der Waals surface area contributed by atoms with Gasteiger partial charge in [0.1, 0.15) is 0 Å². The van der Waals surface area contributed by atoms with Crippen LogP contribution in [0.1, 0.15) is 78.6 Å². The van der Waals surface area contributed by atoms with E-state index in [4.69, 9.17) is 5.11 Å².